The van der Waals surface area contributed by atoms with Gasteiger partial charge in [-0.05, 0) is 25.0 Å². The Balaban J connectivity index is 1.61. The fourth-order valence-corrected chi connectivity index (χ4v) is 2.50. The number of rotatable bonds is 6. The maximum absolute atomic E-state index is 4.32. The Labute approximate surface area is 130 Å². The van der Waals surface area contributed by atoms with Gasteiger partial charge in [-0.1, -0.05) is 30.3 Å². The number of hydrogen-bond acceptors (Lipinski definition) is 3. The first-order valence-corrected chi connectivity index (χ1v) is 7.52. The molecule has 0 aliphatic rings. The van der Waals surface area contributed by atoms with E-state index in [1.165, 1.54) is 11.1 Å². The molecule has 22 heavy (non-hydrogen) atoms. The number of H-pyrrole nitrogens is 1. The molecule has 3 rings (SSSR count). The first-order chi connectivity index (χ1) is 10.7. The monoisotopic (exact) mass is 295 g/mol. The van der Waals surface area contributed by atoms with E-state index in [2.05, 4.69) is 52.8 Å². The van der Waals surface area contributed by atoms with Gasteiger partial charge in [-0.25, -0.2) is 0 Å². The summed E-state index contributed by atoms with van der Waals surface area (Å²) in [6, 6.07) is 10.6. The molecule has 2 heterocycles. The van der Waals surface area contributed by atoms with Gasteiger partial charge < -0.3 is 5.32 Å². The molecule has 2 N–H and O–H groups in total. The minimum atomic E-state index is 0.331. The van der Waals surface area contributed by atoms with E-state index >= 15 is 0 Å². The van der Waals surface area contributed by atoms with Crippen LogP contribution in [0.3, 0.4) is 0 Å². The molecule has 5 nitrogen and oxygen atoms in total. The molecule has 2 aromatic heterocycles. The lowest BCUT2D eigenvalue weighted by Gasteiger charge is -2.14. The zero-order valence-electron chi connectivity index (χ0n) is 13.0. The summed E-state index contributed by atoms with van der Waals surface area (Å²) in [5.41, 5.74) is 4.60. The van der Waals surface area contributed by atoms with E-state index in [1.807, 2.05) is 35.3 Å². The van der Waals surface area contributed by atoms with Crippen molar-refractivity contribution in [2.24, 2.45) is 0 Å². The molecule has 0 unspecified atom stereocenters. The highest BCUT2D eigenvalue weighted by molar-refractivity contribution is 5.62. The van der Waals surface area contributed by atoms with Crippen molar-refractivity contribution in [1.29, 1.82) is 0 Å². The summed E-state index contributed by atoms with van der Waals surface area (Å²) in [4.78, 5) is 0. The standard InChI is InChI=1S/C17H21N5/c1-13-8-20-22(11-13)12-14(2)18-9-16-10-19-21-17(16)15-6-4-3-5-7-15/h3-8,10-11,14,18H,9,12H2,1-2H3,(H,19,21)/t14-/m1/s1. The molecule has 0 saturated carbocycles. The Hall–Kier alpha value is -2.40. The largest absolute Gasteiger partial charge is 0.308 e. The fraction of sp³-hybridized carbons (Fsp3) is 0.294. The van der Waals surface area contributed by atoms with Crippen molar-refractivity contribution in [3.8, 4) is 11.3 Å². The molecule has 0 radical (unpaired) electrons. The molecule has 0 amide bonds. The average Bonchev–Trinajstić information content (AvgIpc) is 3.15. The minimum absolute atomic E-state index is 0.331. The van der Waals surface area contributed by atoms with Crippen molar-refractivity contribution in [1.82, 2.24) is 25.3 Å². The van der Waals surface area contributed by atoms with Crippen LogP contribution >= 0.6 is 0 Å². The fourth-order valence-electron chi connectivity index (χ4n) is 2.50. The molecule has 0 saturated heterocycles. The van der Waals surface area contributed by atoms with Crippen LogP contribution in [0, 0.1) is 6.92 Å². The summed E-state index contributed by atoms with van der Waals surface area (Å²) in [7, 11) is 0. The third-order valence-electron chi connectivity index (χ3n) is 3.64. The van der Waals surface area contributed by atoms with Crippen LogP contribution in [0.2, 0.25) is 0 Å². The predicted octanol–water partition coefficient (Wildman–Crippen LogP) is 2.76. The summed E-state index contributed by atoms with van der Waals surface area (Å²) in [6.45, 7) is 5.85. The number of nitrogens with zero attached hydrogens (tertiary/aromatic N) is 3. The van der Waals surface area contributed by atoms with Gasteiger partial charge in [-0.2, -0.15) is 10.2 Å². The first kappa shape index (κ1) is 14.5. The summed E-state index contributed by atoms with van der Waals surface area (Å²) in [6.07, 6.45) is 5.84. The average molecular weight is 295 g/mol. The van der Waals surface area contributed by atoms with Crippen LogP contribution in [0.5, 0.6) is 0 Å². The topological polar surface area (TPSA) is 58.5 Å². The Morgan fingerprint density at radius 3 is 2.77 bits per heavy atom. The van der Waals surface area contributed by atoms with Gasteiger partial charge >= 0.3 is 0 Å². The molecule has 3 aromatic rings. The van der Waals surface area contributed by atoms with E-state index in [4.69, 9.17) is 0 Å². The molecule has 0 aliphatic carbocycles. The Morgan fingerprint density at radius 1 is 1.23 bits per heavy atom. The number of hydrogen-bond donors (Lipinski definition) is 2. The molecular formula is C17H21N5. The molecule has 114 valence electrons. The van der Waals surface area contributed by atoms with E-state index in [9.17, 15) is 0 Å². The normalized spacial score (nSPS) is 12.5. The number of aromatic nitrogens is 4. The first-order valence-electron chi connectivity index (χ1n) is 7.52. The van der Waals surface area contributed by atoms with E-state index in [0.717, 1.165) is 24.3 Å². The van der Waals surface area contributed by atoms with Crippen molar-refractivity contribution in [3.05, 3.63) is 60.0 Å². The highest BCUT2D eigenvalue weighted by Crippen LogP contribution is 2.20. The van der Waals surface area contributed by atoms with Crippen molar-refractivity contribution in [3.63, 3.8) is 0 Å². The summed E-state index contributed by atoms with van der Waals surface area (Å²) in [5, 5.41) is 15.1. The van der Waals surface area contributed by atoms with Crippen LogP contribution in [0.1, 0.15) is 18.1 Å². The Kier molecular flexibility index (Phi) is 4.34. The third kappa shape index (κ3) is 3.43. The van der Waals surface area contributed by atoms with Gasteiger partial charge in [-0.3, -0.25) is 9.78 Å². The number of nitrogens with one attached hydrogen (secondary N) is 2. The maximum Gasteiger partial charge on any atom is 0.0695 e. The maximum atomic E-state index is 4.32. The van der Waals surface area contributed by atoms with Gasteiger partial charge in [0.2, 0.25) is 0 Å². The molecule has 0 aliphatic heterocycles. The van der Waals surface area contributed by atoms with E-state index in [1.54, 1.807) is 0 Å². The quantitative estimate of drug-likeness (QED) is 0.735. The lowest BCUT2D eigenvalue weighted by molar-refractivity contribution is 0.451. The van der Waals surface area contributed by atoms with Crippen LogP contribution in [-0.4, -0.2) is 26.0 Å². The zero-order chi connectivity index (χ0) is 15.4. The number of benzene rings is 1. The van der Waals surface area contributed by atoms with Crippen LogP contribution in [0.25, 0.3) is 11.3 Å². The van der Waals surface area contributed by atoms with Crippen molar-refractivity contribution in [2.75, 3.05) is 0 Å². The van der Waals surface area contributed by atoms with Crippen molar-refractivity contribution >= 4 is 0 Å². The molecule has 5 heteroatoms. The second-order valence-electron chi connectivity index (χ2n) is 5.66. The molecule has 1 aromatic carbocycles. The van der Waals surface area contributed by atoms with Gasteiger partial charge in [0.25, 0.3) is 0 Å². The van der Waals surface area contributed by atoms with Gasteiger partial charge in [0, 0.05) is 24.3 Å². The molecule has 1 atom stereocenters. The summed E-state index contributed by atoms with van der Waals surface area (Å²) in [5.74, 6) is 0. The second-order valence-corrected chi connectivity index (χ2v) is 5.66. The van der Waals surface area contributed by atoms with Gasteiger partial charge in [0.1, 0.15) is 0 Å². The minimum Gasteiger partial charge on any atom is -0.308 e. The highest BCUT2D eigenvalue weighted by atomic mass is 15.3. The van der Waals surface area contributed by atoms with Crippen LogP contribution < -0.4 is 5.32 Å². The smallest absolute Gasteiger partial charge is 0.0695 e. The zero-order valence-corrected chi connectivity index (χ0v) is 13.0. The molecule has 0 fully saturated rings. The van der Waals surface area contributed by atoms with Crippen LogP contribution in [-0.2, 0) is 13.1 Å². The molecule has 0 bridgehead atoms. The Bertz CT molecular complexity index is 713. The van der Waals surface area contributed by atoms with Crippen molar-refractivity contribution < 1.29 is 0 Å². The second kappa shape index (κ2) is 6.58. The summed E-state index contributed by atoms with van der Waals surface area (Å²) < 4.78 is 1.97. The lowest BCUT2D eigenvalue weighted by Crippen LogP contribution is -2.30. The van der Waals surface area contributed by atoms with E-state index in [0.29, 0.717) is 6.04 Å². The SMILES string of the molecule is Cc1cnn(C[C@@H](C)NCc2cn[nH]c2-c2ccccc2)c1. The number of aromatic amines is 1. The van der Waals surface area contributed by atoms with E-state index < -0.39 is 0 Å². The summed E-state index contributed by atoms with van der Waals surface area (Å²) >= 11 is 0. The molecule has 0 spiro atoms. The van der Waals surface area contributed by atoms with Crippen LogP contribution in [0.15, 0.2) is 48.9 Å². The lowest BCUT2D eigenvalue weighted by atomic mass is 10.1. The van der Waals surface area contributed by atoms with E-state index in [-0.39, 0.29) is 0 Å². The molecular weight excluding hydrogens is 274 g/mol. The van der Waals surface area contributed by atoms with Gasteiger partial charge in [0.05, 0.1) is 24.6 Å². The van der Waals surface area contributed by atoms with Crippen LogP contribution in [0.4, 0.5) is 0 Å². The Morgan fingerprint density at radius 2 is 2.05 bits per heavy atom. The van der Waals surface area contributed by atoms with Gasteiger partial charge in [-0.15, -0.1) is 0 Å². The van der Waals surface area contributed by atoms with Gasteiger partial charge in [0.15, 0.2) is 0 Å². The highest BCUT2D eigenvalue weighted by Gasteiger charge is 2.09. The van der Waals surface area contributed by atoms with Crippen molar-refractivity contribution in [2.45, 2.75) is 33.0 Å². The third-order valence-corrected chi connectivity index (χ3v) is 3.64. The number of aryl methyl sites for hydroxylation is 1. The predicted molar refractivity (Wildman–Crippen MR) is 87.3 cm³/mol.